The Morgan fingerprint density at radius 1 is 1.32 bits per heavy atom. The van der Waals surface area contributed by atoms with Crippen molar-refractivity contribution in [3.63, 3.8) is 0 Å². The fourth-order valence-corrected chi connectivity index (χ4v) is 2.31. The molecule has 0 aliphatic heterocycles. The van der Waals surface area contributed by atoms with Crippen LogP contribution < -0.4 is 10.1 Å². The Morgan fingerprint density at radius 2 is 2.05 bits per heavy atom. The molecule has 0 fully saturated rings. The van der Waals surface area contributed by atoms with Gasteiger partial charge in [0.2, 0.25) is 5.88 Å². The first kappa shape index (κ1) is 13.9. The molecular weight excluding hydrogens is 262 g/mol. The van der Waals surface area contributed by atoms with Gasteiger partial charge in [-0.3, -0.25) is 0 Å². The highest BCUT2D eigenvalue weighted by Crippen LogP contribution is 2.21. The SMILES string of the molecule is COc1c(CNCc2ccccc2Cl)c(C)nn1C. The van der Waals surface area contributed by atoms with Gasteiger partial charge in [0.15, 0.2) is 0 Å². The van der Waals surface area contributed by atoms with E-state index < -0.39 is 0 Å². The maximum Gasteiger partial charge on any atom is 0.216 e. The normalized spacial score (nSPS) is 10.7. The lowest BCUT2D eigenvalue weighted by molar-refractivity contribution is 0.368. The number of rotatable bonds is 5. The standard InChI is InChI=1S/C14H18ClN3O/c1-10-12(14(19-3)18(2)17-10)9-16-8-11-6-4-5-7-13(11)15/h4-7,16H,8-9H2,1-3H3. The van der Waals surface area contributed by atoms with Crippen LogP contribution in [-0.4, -0.2) is 16.9 Å². The Labute approximate surface area is 118 Å². The first-order valence-corrected chi connectivity index (χ1v) is 6.52. The van der Waals surface area contributed by atoms with Gasteiger partial charge in [-0.25, -0.2) is 4.68 Å². The first-order chi connectivity index (χ1) is 9.13. The zero-order chi connectivity index (χ0) is 13.8. The number of hydrogen-bond acceptors (Lipinski definition) is 3. The second kappa shape index (κ2) is 6.08. The van der Waals surface area contributed by atoms with Crippen molar-refractivity contribution in [2.24, 2.45) is 7.05 Å². The Bertz CT molecular complexity index is 566. The minimum absolute atomic E-state index is 0.702. The zero-order valence-corrected chi connectivity index (χ0v) is 12.2. The number of hydrogen-bond donors (Lipinski definition) is 1. The molecule has 102 valence electrons. The number of aryl methyl sites for hydroxylation is 2. The van der Waals surface area contributed by atoms with Crippen LogP contribution in [-0.2, 0) is 20.1 Å². The largest absolute Gasteiger partial charge is 0.481 e. The van der Waals surface area contributed by atoms with Crippen molar-refractivity contribution in [1.82, 2.24) is 15.1 Å². The smallest absolute Gasteiger partial charge is 0.216 e. The monoisotopic (exact) mass is 279 g/mol. The highest BCUT2D eigenvalue weighted by atomic mass is 35.5. The first-order valence-electron chi connectivity index (χ1n) is 6.14. The van der Waals surface area contributed by atoms with E-state index in [-0.39, 0.29) is 0 Å². The molecule has 0 spiro atoms. The summed E-state index contributed by atoms with van der Waals surface area (Å²) in [6, 6.07) is 7.83. The summed E-state index contributed by atoms with van der Waals surface area (Å²) in [4.78, 5) is 0. The minimum Gasteiger partial charge on any atom is -0.481 e. The van der Waals surface area contributed by atoms with Crippen LogP contribution in [0.2, 0.25) is 5.02 Å². The van der Waals surface area contributed by atoms with Gasteiger partial charge in [-0.2, -0.15) is 5.10 Å². The summed E-state index contributed by atoms with van der Waals surface area (Å²) < 4.78 is 7.11. The predicted molar refractivity (Wildman–Crippen MR) is 76.5 cm³/mol. The lowest BCUT2D eigenvalue weighted by atomic mass is 10.2. The summed E-state index contributed by atoms with van der Waals surface area (Å²) in [6.45, 7) is 3.40. The van der Waals surface area contributed by atoms with Gasteiger partial charge in [-0.05, 0) is 18.6 Å². The van der Waals surface area contributed by atoms with Gasteiger partial charge in [-0.15, -0.1) is 0 Å². The molecule has 0 aliphatic carbocycles. The Morgan fingerprint density at radius 3 is 2.74 bits per heavy atom. The minimum atomic E-state index is 0.702. The molecule has 2 rings (SSSR count). The van der Waals surface area contributed by atoms with Crippen molar-refractivity contribution < 1.29 is 4.74 Å². The molecule has 1 aromatic heterocycles. The third-order valence-electron chi connectivity index (χ3n) is 3.06. The van der Waals surface area contributed by atoms with Gasteiger partial charge >= 0.3 is 0 Å². The molecule has 2 aromatic rings. The number of nitrogens with one attached hydrogen (secondary N) is 1. The maximum atomic E-state index is 6.12. The van der Waals surface area contributed by atoms with Crippen LogP contribution in [0.5, 0.6) is 5.88 Å². The molecule has 0 unspecified atom stereocenters. The van der Waals surface area contributed by atoms with E-state index in [4.69, 9.17) is 16.3 Å². The lowest BCUT2D eigenvalue weighted by Gasteiger charge is -2.08. The summed E-state index contributed by atoms with van der Waals surface area (Å²) >= 11 is 6.12. The molecule has 0 amide bonds. The lowest BCUT2D eigenvalue weighted by Crippen LogP contribution is -2.14. The van der Waals surface area contributed by atoms with Gasteiger partial charge < -0.3 is 10.1 Å². The van der Waals surface area contributed by atoms with Crippen molar-refractivity contribution in [3.8, 4) is 5.88 Å². The van der Waals surface area contributed by atoms with Gasteiger partial charge in [0, 0.05) is 25.2 Å². The summed E-state index contributed by atoms with van der Waals surface area (Å²) in [6.07, 6.45) is 0. The molecule has 1 aromatic carbocycles. The number of aromatic nitrogens is 2. The number of methoxy groups -OCH3 is 1. The van der Waals surface area contributed by atoms with Crippen molar-refractivity contribution in [3.05, 3.63) is 46.1 Å². The fourth-order valence-electron chi connectivity index (χ4n) is 2.10. The number of benzene rings is 1. The molecule has 0 saturated carbocycles. The third kappa shape index (κ3) is 3.08. The van der Waals surface area contributed by atoms with Crippen LogP contribution in [0.25, 0.3) is 0 Å². The van der Waals surface area contributed by atoms with Crippen molar-refractivity contribution in [2.75, 3.05) is 7.11 Å². The molecule has 1 heterocycles. The van der Waals surface area contributed by atoms with E-state index >= 15 is 0 Å². The summed E-state index contributed by atoms with van der Waals surface area (Å²) in [5, 5.41) is 8.50. The molecule has 0 atom stereocenters. The molecule has 0 aliphatic rings. The number of nitrogens with zero attached hydrogens (tertiary/aromatic N) is 2. The third-order valence-corrected chi connectivity index (χ3v) is 3.43. The van der Waals surface area contributed by atoms with E-state index in [9.17, 15) is 0 Å². The summed E-state index contributed by atoms with van der Waals surface area (Å²) in [7, 11) is 3.54. The molecule has 4 nitrogen and oxygen atoms in total. The van der Waals surface area contributed by atoms with Gasteiger partial charge in [0.1, 0.15) is 0 Å². The van der Waals surface area contributed by atoms with Gasteiger partial charge in [0.25, 0.3) is 0 Å². The average Bonchev–Trinajstić information content (AvgIpc) is 2.66. The second-order valence-electron chi connectivity index (χ2n) is 4.39. The summed E-state index contributed by atoms with van der Waals surface area (Å²) in [5.74, 6) is 0.796. The van der Waals surface area contributed by atoms with Crippen molar-refractivity contribution in [1.29, 1.82) is 0 Å². The molecule has 19 heavy (non-hydrogen) atoms. The van der Waals surface area contributed by atoms with E-state index in [2.05, 4.69) is 10.4 Å². The molecule has 1 N–H and O–H groups in total. The van der Waals surface area contributed by atoms with E-state index in [1.54, 1.807) is 11.8 Å². The van der Waals surface area contributed by atoms with Crippen LogP contribution in [0.4, 0.5) is 0 Å². The quantitative estimate of drug-likeness (QED) is 0.915. The highest BCUT2D eigenvalue weighted by molar-refractivity contribution is 6.31. The molecule has 0 bridgehead atoms. The molecule has 5 heteroatoms. The predicted octanol–water partition coefficient (Wildman–Crippen LogP) is 2.68. The van der Waals surface area contributed by atoms with Crippen LogP contribution in [0.15, 0.2) is 24.3 Å². The Kier molecular flexibility index (Phi) is 4.45. The van der Waals surface area contributed by atoms with E-state index in [0.717, 1.165) is 34.3 Å². The number of halogens is 1. The Balaban J connectivity index is 2.02. The average molecular weight is 280 g/mol. The van der Waals surface area contributed by atoms with Crippen LogP contribution >= 0.6 is 11.6 Å². The van der Waals surface area contributed by atoms with Crippen molar-refractivity contribution >= 4 is 11.6 Å². The fraction of sp³-hybridized carbons (Fsp3) is 0.357. The Hall–Kier alpha value is -1.52. The zero-order valence-electron chi connectivity index (χ0n) is 11.4. The topological polar surface area (TPSA) is 39.1 Å². The summed E-state index contributed by atoms with van der Waals surface area (Å²) in [5.41, 5.74) is 3.15. The van der Waals surface area contributed by atoms with Gasteiger partial charge in [-0.1, -0.05) is 29.8 Å². The van der Waals surface area contributed by atoms with E-state index in [1.807, 2.05) is 38.2 Å². The second-order valence-corrected chi connectivity index (χ2v) is 4.80. The van der Waals surface area contributed by atoms with Crippen molar-refractivity contribution in [2.45, 2.75) is 20.0 Å². The van der Waals surface area contributed by atoms with Gasteiger partial charge in [0.05, 0.1) is 18.4 Å². The van der Waals surface area contributed by atoms with Crippen LogP contribution in [0.1, 0.15) is 16.8 Å². The van der Waals surface area contributed by atoms with Crippen LogP contribution in [0.3, 0.4) is 0 Å². The molecule has 0 saturated heterocycles. The maximum absolute atomic E-state index is 6.12. The van der Waals surface area contributed by atoms with E-state index in [0.29, 0.717) is 6.54 Å². The molecule has 0 radical (unpaired) electrons. The number of ether oxygens (including phenoxy) is 1. The van der Waals surface area contributed by atoms with E-state index in [1.165, 1.54) is 0 Å². The van der Waals surface area contributed by atoms with Crippen LogP contribution in [0, 0.1) is 6.92 Å². The highest BCUT2D eigenvalue weighted by Gasteiger charge is 2.13. The molecular formula is C14H18ClN3O.